The lowest BCUT2D eigenvalue weighted by molar-refractivity contribution is -0.117. The van der Waals surface area contributed by atoms with E-state index in [1.165, 1.54) is 0 Å². The number of pyridine rings is 1. The van der Waals surface area contributed by atoms with Gasteiger partial charge in [-0.25, -0.2) is 4.68 Å². The smallest absolute Gasteiger partial charge is 0.254 e. The molecule has 3 rings (SSSR count). The molecule has 0 saturated carbocycles. The van der Waals surface area contributed by atoms with Gasteiger partial charge in [0.05, 0.1) is 17.3 Å². The summed E-state index contributed by atoms with van der Waals surface area (Å²) in [4.78, 5) is 29.1. The number of hydrogen-bond donors (Lipinski definition) is 3. The van der Waals surface area contributed by atoms with E-state index >= 15 is 0 Å². The number of nitrogens with two attached hydrogens (primary N) is 2. The molecule has 0 aliphatic carbocycles. The van der Waals surface area contributed by atoms with Gasteiger partial charge in [0.2, 0.25) is 11.8 Å². The Morgan fingerprint density at radius 3 is 2.45 bits per heavy atom. The summed E-state index contributed by atoms with van der Waals surface area (Å²) >= 11 is 0. The SMILES string of the molecule is CC(C(=O)Nc1cc(CC(C)(C)C)no1)c1ccc(-c2nn(C(C)C)c(N)c2C(N)=O)cn1. The zero-order valence-electron chi connectivity index (χ0n) is 19.8. The van der Waals surface area contributed by atoms with Crippen LogP contribution in [0.2, 0.25) is 0 Å². The fourth-order valence-corrected chi connectivity index (χ4v) is 3.45. The van der Waals surface area contributed by atoms with E-state index in [2.05, 4.69) is 41.3 Å². The fraction of sp³-hybridized carbons (Fsp3) is 0.435. The van der Waals surface area contributed by atoms with Crippen LogP contribution >= 0.6 is 0 Å². The lowest BCUT2D eigenvalue weighted by Crippen LogP contribution is -2.19. The number of nitrogens with one attached hydrogen (secondary N) is 1. The Hall–Kier alpha value is -3.69. The quantitative estimate of drug-likeness (QED) is 0.494. The monoisotopic (exact) mass is 453 g/mol. The van der Waals surface area contributed by atoms with Crippen LogP contribution in [0.25, 0.3) is 11.3 Å². The molecule has 10 heteroatoms. The Morgan fingerprint density at radius 1 is 1.21 bits per heavy atom. The number of anilines is 2. The van der Waals surface area contributed by atoms with Crippen molar-refractivity contribution in [3.05, 3.63) is 41.3 Å². The highest BCUT2D eigenvalue weighted by Gasteiger charge is 2.24. The molecule has 0 aliphatic rings. The number of nitrogens with zero attached hydrogens (tertiary/aromatic N) is 4. The molecule has 0 aliphatic heterocycles. The lowest BCUT2D eigenvalue weighted by Gasteiger charge is -2.14. The maximum Gasteiger partial charge on any atom is 0.254 e. The highest BCUT2D eigenvalue weighted by Crippen LogP contribution is 2.29. The van der Waals surface area contributed by atoms with Gasteiger partial charge in [0.25, 0.3) is 5.91 Å². The number of primary amides is 1. The van der Waals surface area contributed by atoms with Gasteiger partial charge in [-0.1, -0.05) is 25.9 Å². The molecule has 3 heterocycles. The molecule has 1 unspecified atom stereocenters. The summed E-state index contributed by atoms with van der Waals surface area (Å²) < 4.78 is 6.79. The summed E-state index contributed by atoms with van der Waals surface area (Å²) in [6.07, 6.45) is 2.28. The molecule has 3 aromatic rings. The van der Waals surface area contributed by atoms with Crippen LogP contribution in [0.3, 0.4) is 0 Å². The van der Waals surface area contributed by atoms with Gasteiger partial charge < -0.3 is 16.0 Å². The van der Waals surface area contributed by atoms with Crippen LogP contribution in [0.4, 0.5) is 11.7 Å². The van der Waals surface area contributed by atoms with Crippen LogP contribution in [0.1, 0.15) is 75.2 Å². The Bertz CT molecular complexity index is 1150. The minimum Gasteiger partial charge on any atom is -0.383 e. The van der Waals surface area contributed by atoms with Crippen molar-refractivity contribution in [2.75, 3.05) is 11.1 Å². The number of carbonyl (C=O) groups excluding carboxylic acids is 2. The molecular weight excluding hydrogens is 422 g/mol. The Balaban J connectivity index is 1.77. The van der Waals surface area contributed by atoms with Crippen LogP contribution in [0.5, 0.6) is 0 Å². The number of carbonyl (C=O) groups is 2. The van der Waals surface area contributed by atoms with Gasteiger partial charge in [-0.2, -0.15) is 5.10 Å². The number of rotatable bonds is 7. The van der Waals surface area contributed by atoms with Crippen molar-refractivity contribution in [2.45, 2.75) is 59.9 Å². The van der Waals surface area contributed by atoms with Gasteiger partial charge in [-0.05, 0) is 44.7 Å². The molecule has 33 heavy (non-hydrogen) atoms. The lowest BCUT2D eigenvalue weighted by atomic mass is 9.91. The van der Waals surface area contributed by atoms with Gasteiger partial charge in [0.15, 0.2) is 0 Å². The van der Waals surface area contributed by atoms with Crippen molar-refractivity contribution < 1.29 is 14.1 Å². The van der Waals surface area contributed by atoms with Gasteiger partial charge in [0, 0.05) is 23.9 Å². The first-order valence-corrected chi connectivity index (χ1v) is 10.8. The standard InChI is InChI=1S/C23H31N7O3/c1-12(2)30-20(24)18(21(25)31)19(28-30)14-7-8-16(26-11-14)13(3)22(32)27-17-9-15(29-33-17)10-23(4,5)6/h7-9,11-13H,10,24H2,1-6H3,(H2,25,31)(H,27,32). The molecule has 3 aromatic heterocycles. The molecule has 0 spiro atoms. The van der Waals surface area contributed by atoms with Crippen LogP contribution < -0.4 is 16.8 Å². The van der Waals surface area contributed by atoms with Gasteiger partial charge in [0.1, 0.15) is 17.1 Å². The Kier molecular flexibility index (Phi) is 6.57. The number of amides is 2. The van der Waals surface area contributed by atoms with Crippen molar-refractivity contribution in [3.8, 4) is 11.3 Å². The predicted octanol–water partition coefficient (Wildman–Crippen LogP) is 3.53. The van der Waals surface area contributed by atoms with E-state index in [4.69, 9.17) is 16.0 Å². The first kappa shape index (κ1) is 24.0. The molecule has 1 atom stereocenters. The average Bonchev–Trinajstić information content (AvgIpc) is 3.29. The molecule has 0 aromatic carbocycles. The average molecular weight is 454 g/mol. The van der Waals surface area contributed by atoms with Crippen molar-refractivity contribution in [2.24, 2.45) is 11.1 Å². The molecule has 176 valence electrons. The van der Waals surface area contributed by atoms with Gasteiger partial charge >= 0.3 is 0 Å². The molecular formula is C23H31N7O3. The Labute approximate surface area is 192 Å². The van der Waals surface area contributed by atoms with E-state index in [9.17, 15) is 9.59 Å². The minimum atomic E-state index is -0.663. The summed E-state index contributed by atoms with van der Waals surface area (Å²) in [5.41, 5.74) is 14.1. The van der Waals surface area contributed by atoms with Crippen molar-refractivity contribution in [1.82, 2.24) is 19.9 Å². The van der Waals surface area contributed by atoms with E-state index in [0.29, 0.717) is 22.8 Å². The fourth-order valence-electron chi connectivity index (χ4n) is 3.45. The summed E-state index contributed by atoms with van der Waals surface area (Å²) in [5.74, 6) is -0.987. The molecule has 2 amide bonds. The molecule has 10 nitrogen and oxygen atoms in total. The topological polar surface area (TPSA) is 155 Å². The number of nitrogen functional groups attached to an aromatic ring is 1. The van der Waals surface area contributed by atoms with Gasteiger partial charge in [-0.3, -0.25) is 19.9 Å². The van der Waals surface area contributed by atoms with Gasteiger partial charge in [-0.15, -0.1) is 0 Å². The van der Waals surface area contributed by atoms with Crippen LogP contribution in [0.15, 0.2) is 28.9 Å². The molecule has 5 N–H and O–H groups in total. The minimum absolute atomic E-state index is 0.0483. The maximum absolute atomic E-state index is 12.7. The van der Waals surface area contributed by atoms with Crippen molar-refractivity contribution >= 4 is 23.5 Å². The molecule has 0 saturated heterocycles. The third kappa shape index (κ3) is 5.39. The van der Waals surface area contributed by atoms with E-state index < -0.39 is 11.8 Å². The largest absolute Gasteiger partial charge is 0.383 e. The normalized spacial score (nSPS) is 12.7. The summed E-state index contributed by atoms with van der Waals surface area (Å²) in [6.45, 7) is 11.9. The first-order valence-electron chi connectivity index (χ1n) is 10.8. The first-order chi connectivity index (χ1) is 15.4. The summed E-state index contributed by atoms with van der Waals surface area (Å²) in [6, 6.07) is 5.13. The number of aromatic nitrogens is 4. The third-order valence-corrected chi connectivity index (χ3v) is 5.10. The second-order valence-electron chi connectivity index (χ2n) is 9.61. The van der Waals surface area contributed by atoms with Crippen LogP contribution in [0, 0.1) is 5.41 Å². The van der Waals surface area contributed by atoms with E-state index in [1.807, 2.05) is 13.8 Å². The van der Waals surface area contributed by atoms with Crippen LogP contribution in [-0.4, -0.2) is 31.7 Å². The second-order valence-corrected chi connectivity index (χ2v) is 9.61. The molecule has 0 fully saturated rings. The van der Waals surface area contributed by atoms with E-state index in [1.54, 1.807) is 36.0 Å². The highest BCUT2D eigenvalue weighted by atomic mass is 16.5. The maximum atomic E-state index is 12.7. The van der Waals surface area contributed by atoms with Crippen molar-refractivity contribution in [1.29, 1.82) is 0 Å². The molecule has 0 radical (unpaired) electrons. The zero-order valence-corrected chi connectivity index (χ0v) is 19.8. The highest BCUT2D eigenvalue weighted by molar-refractivity contribution is 6.03. The third-order valence-electron chi connectivity index (χ3n) is 5.10. The summed E-state index contributed by atoms with van der Waals surface area (Å²) in [7, 11) is 0. The van der Waals surface area contributed by atoms with Crippen molar-refractivity contribution in [3.63, 3.8) is 0 Å². The van der Waals surface area contributed by atoms with E-state index in [0.717, 1.165) is 12.1 Å². The number of hydrogen-bond acceptors (Lipinski definition) is 7. The Morgan fingerprint density at radius 2 is 1.91 bits per heavy atom. The van der Waals surface area contributed by atoms with E-state index in [-0.39, 0.29) is 28.7 Å². The summed E-state index contributed by atoms with van der Waals surface area (Å²) in [5, 5.41) is 11.2. The predicted molar refractivity (Wildman–Crippen MR) is 125 cm³/mol. The zero-order chi connectivity index (χ0) is 24.5. The molecule has 0 bridgehead atoms. The van der Waals surface area contributed by atoms with Crippen LogP contribution in [-0.2, 0) is 11.2 Å². The second kappa shape index (κ2) is 9.05.